The summed E-state index contributed by atoms with van der Waals surface area (Å²) in [5.41, 5.74) is 0. The molecule has 0 aliphatic carbocycles. The van der Waals surface area contributed by atoms with E-state index in [-0.39, 0.29) is 24.3 Å². The van der Waals surface area contributed by atoms with Crippen LogP contribution in [0.1, 0.15) is 58.3 Å². The van der Waals surface area contributed by atoms with Crippen molar-refractivity contribution in [3.05, 3.63) is 0 Å². The molecule has 2 bridgehead atoms. The van der Waals surface area contributed by atoms with Crippen molar-refractivity contribution in [1.29, 1.82) is 0 Å². The Morgan fingerprint density at radius 2 is 1.74 bits per heavy atom. The number of carbonyl (C=O) groups excluding carboxylic acids is 3. The molecule has 2 fully saturated rings. The minimum absolute atomic E-state index is 0.00841. The molecule has 2 aliphatic rings. The second-order valence-electron chi connectivity index (χ2n) is 7.09. The predicted octanol–water partition coefficient (Wildman–Crippen LogP) is 1.78. The van der Waals surface area contributed by atoms with Gasteiger partial charge in [0.1, 0.15) is 18.2 Å². The molecule has 2 heterocycles. The first-order chi connectivity index (χ1) is 13.0. The molecule has 0 saturated carbocycles. The van der Waals surface area contributed by atoms with Crippen molar-refractivity contribution in [2.45, 2.75) is 82.6 Å². The summed E-state index contributed by atoms with van der Waals surface area (Å²) in [4.78, 5) is 37.2. The van der Waals surface area contributed by atoms with Gasteiger partial charge in [-0.3, -0.25) is 9.59 Å². The van der Waals surface area contributed by atoms with E-state index in [1.54, 1.807) is 0 Å². The van der Waals surface area contributed by atoms with E-state index in [9.17, 15) is 19.5 Å². The number of hydrogen-bond donors (Lipinski definition) is 3. The summed E-state index contributed by atoms with van der Waals surface area (Å²) >= 11 is 0. The maximum Gasteiger partial charge on any atom is 0.329 e. The lowest BCUT2D eigenvalue weighted by atomic mass is 10.0. The highest BCUT2D eigenvalue weighted by Gasteiger charge is 2.31. The summed E-state index contributed by atoms with van der Waals surface area (Å²) < 4.78 is 5.69. The van der Waals surface area contributed by atoms with Gasteiger partial charge in [-0.05, 0) is 25.7 Å². The minimum atomic E-state index is -0.725. The second-order valence-corrected chi connectivity index (χ2v) is 9.65. The summed E-state index contributed by atoms with van der Waals surface area (Å²) in [5.74, 6) is -0.273. The number of hydrogen-bond acceptors (Lipinski definition) is 7. The lowest BCUT2D eigenvalue weighted by molar-refractivity contribution is -0.153. The SMILES string of the molecule is CCC[C@H]1CCCCC[C@H](O)CC(=O)N[C@@H]2CSSC[C@@H](NC2=O)C(=O)O1. The van der Waals surface area contributed by atoms with Gasteiger partial charge in [0.2, 0.25) is 11.8 Å². The Labute approximate surface area is 168 Å². The average molecular weight is 419 g/mol. The van der Waals surface area contributed by atoms with Crippen molar-refractivity contribution in [1.82, 2.24) is 10.6 Å². The summed E-state index contributed by atoms with van der Waals surface area (Å²) in [6, 6.07) is -1.44. The van der Waals surface area contributed by atoms with Crippen LogP contribution in [0.2, 0.25) is 0 Å². The Morgan fingerprint density at radius 3 is 2.48 bits per heavy atom. The van der Waals surface area contributed by atoms with Gasteiger partial charge in [0.25, 0.3) is 0 Å². The number of aliphatic hydroxyl groups is 1. The Kier molecular flexibility index (Phi) is 9.78. The maximum absolute atomic E-state index is 12.6. The van der Waals surface area contributed by atoms with Crippen LogP contribution in [0.25, 0.3) is 0 Å². The number of carbonyl (C=O) groups is 3. The molecule has 0 radical (unpaired) electrons. The normalized spacial score (nSPS) is 32.0. The molecule has 2 rings (SSSR count). The van der Waals surface area contributed by atoms with Crippen LogP contribution in [0.4, 0.5) is 0 Å². The molecule has 2 saturated heterocycles. The molecule has 0 unspecified atom stereocenters. The van der Waals surface area contributed by atoms with E-state index >= 15 is 0 Å². The van der Waals surface area contributed by atoms with Gasteiger partial charge in [0.15, 0.2) is 0 Å². The molecule has 3 N–H and O–H groups in total. The molecule has 2 aliphatic heterocycles. The molecular weight excluding hydrogens is 388 g/mol. The van der Waals surface area contributed by atoms with E-state index < -0.39 is 24.2 Å². The number of esters is 1. The van der Waals surface area contributed by atoms with Crippen LogP contribution in [-0.4, -0.2) is 58.7 Å². The molecule has 4 atom stereocenters. The number of nitrogens with one attached hydrogen (secondary N) is 2. The third-order valence-corrected chi connectivity index (χ3v) is 7.11. The van der Waals surface area contributed by atoms with Crippen LogP contribution in [-0.2, 0) is 19.1 Å². The fourth-order valence-corrected chi connectivity index (χ4v) is 5.50. The molecular formula is C18H30N2O5S2. The first-order valence-electron chi connectivity index (χ1n) is 9.72. The fraction of sp³-hybridized carbons (Fsp3) is 0.833. The summed E-state index contributed by atoms with van der Waals surface area (Å²) in [6.07, 6.45) is 4.85. The Bertz CT molecular complexity index is 520. The molecule has 0 aromatic rings. The number of ether oxygens (including phenoxy) is 1. The lowest BCUT2D eigenvalue weighted by Crippen LogP contribution is -2.55. The molecule has 9 heteroatoms. The van der Waals surface area contributed by atoms with Crippen LogP contribution in [0.3, 0.4) is 0 Å². The molecule has 27 heavy (non-hydrogen) atoms. The van der Waals surface area contributed by atoms with E-state index in [2.05, 4.69) is 17.6 Å². The van der Waals surface area contributed by atoms with E-state index in [0.717, 1.165) is 38.5 Å². The first-order valence-corrected chi connectivity index (χ1v) is 12.2. The van der Waals surface area contributed by atoms with Gasteiger partial charge in [0.05, 0.1) is 12.5 Å². The van der Waals surface area contributed by atoms with Crippen molar-refractivity contribution in [2.24, 2.45) is 0 Å². The highest BCUT2D eigenvalue weighted by atomic mass is 33.1. The Morgan fingerprint density at radius 1 is 1.04 bits per heavy atom. The maximum atomic E-state index is 12.6. The van der Waals surface area contributed by atoms with Gasteiger partial charge >= 0.3 is 5.97 Å². The smallest absolute Gasteiger partial charge is 0.329 e. The van der Waals surface area contributed by atoms with Gasteiger partial charge in [-0.1, -0.05) is 47.8 Å². The minimum Gasteiger partial charge on any atom is -0.461 e. The first kappa shape index (κ1) is 22.4. The van der Waals surface area contributed by atoms with Crippen molar-refractivity contribution < 1.29 is 24.2 Å². The zero-order chi connectivity index (χ0) is 19.6. The molecule has 2 amide bonds. The second kappa shape index (κ2) is 11.8. The highest BCUT2D eigenvalue weighted by Crippen LogP contribution is 2.26. The standard InChI is InChI=1S/C18H30N2O5S2/c1-2-6-13-8-5-3-4-7-12(21)9-16(22)19-14-10-26-27-11-15(18(24)25-13)20-17(14)23/h12-15,21H,2-11H2,1H3,(H,19,22)(H,20,23)/t12-,13-,14+,15+/m0/s1. The van der Waals surface area contributed by atoms with Crippen molar-refractivity contribution in [3.8, 4) is 0 Å². The van der Waals surface area contributed by atoms with Gasteiger partial charge < -0.3 is 20.5 Å². The fourth-order valence-electron chi connectivity index (χ4n) is 3.18. The van der Waals surface area contributed by atoms with E-state index in [1.807, 2.05) is 0 Å². The Hall–Kier alpha value is -0.930. The highest BCUT2D eigenvalue weighted by molar-refractivity contribution is 8.76. The molecule has 7 nitrogen and oxygen atoms in total. The van der Waals surface area contributed by atoms with E-state index in [1.165, 1.54) is 21.6 Å². The van der Waals surface area contributed by atoms with Crippen LogP contribution in [0.15, 0.2) is 0 Å². The third-order valence-electron chi connectivity index (χ3n) is 4.68. The van der Waals surface area contributed by atoms with Crippen LogP contribution in [0, 0.1) is 0 Å². The average Bonchev–Trinajstić information content (AvgIpc) is 2.60. The van der Waals surface area contributed by atoms with E-state index in [0.29, 0.717) is 17.9 Å². The number of amides is 2. The van der Waals surface area contributed by atoms with Crippen LogP contribution < -0.4 is 10.6 Å². The lowest BCUT2D eigenvalue weighted by Gasteiger charge is -2.27. The van der Waals surface area contributed by atoms with E-state index in [4.69, 9.17) is 4.74 Å². The predicted molar refractivity (Wildman–Crippen MR) is 107 cm³/mol. The number of cyclic esters (lactones) is 1. The molecule has 0 aromatic carbocycles. The summed E-state index contributed by atoms with van der Waals surface area (Å²) in [7, 11) is 2.93. The zero-order valence-corrected chi connectivity index (χ0v) is 17.4. The van der Waals surface area contributed by atoms with Crippen molar-refractivity contribution in [3.63, 3.8) is 0 Å². The monoisotopic (exact) mass is 418 g/mol. The largest absolute Gasteiger partial charge is 0.461 e. The van der Waals surface area contributed by atoms with Gasteiger partial charge in [-0.15, -0.1) is 0 Å². The summed E-state index contributed by atoms with van der Waals surface area (Å²) in [6.45, 7) is 2.06. The quantitative estimate of drug-likeness (QED) is 0.464. The van der Waals surface area contributed by atoms with Gasteiger partial charge in [-0.2, -0.15) is 0 Å². The van der Waals surface area contributed by atoms with Crippen molar-refractivity contribution >= 4 is 39.4 Å². The number of aliphatic hydroxyl groups excluding tert-OH is 1. The summed E-state index contributed by atoms with van der Waals surface area (Å²) in [5, 5.41) is 15.5. The topological polar surface area (TPSA) is 105 Å². The van der Waals surface area contributed by atoms with Gasteiger partial charge in [-0.25, -0.2) is 4.79 Å². The number of rotatable bonds is 2. The third kappa shape index (κ3) is 7.91. The van der Waals surface area contributed by atoms with Crippen molar-refractivity contribution in [2.75, 3.05) is 11.5 Å². The molecule has 0 spiro atoms. The number of fused-ring (bicyclic) bond motifs is 3. The van der Waals surface area contributed by atoms with Gasteiger partial charge in [0, 0.05) is 11.5 Å². The molecule has 0 aromatic heterocycles. The van der Waals surface area contributed by atoms with Crippen LogP contribution in [0.5, 0.6) is 0 Å². The Balaban J connectivity index is 2.10. The molecule has 154 valence electrons. The van der Waals surface area contributed by atoms with Crippen LogP contribution >= 0.6 is 21.6 Å². The zero-order valence-electron chi connectivity index (χ0n) is 15.8.